The lowest BCUT2D eigenvalue weighted by molar-refractivity contribution is 0.0376. The average Bonchev–Trinajstić information content (AvgIpc) is 2.67. The van der Waals surface area contributed by atoms with Crippen molar-refractivity contribution in [1.29, 1.82) is 0 Å². The predicted molar refractivity (Wildman–Crippen MR) is 92.0 cm³/mol. The molecule has 2 aromatic rings. The second kappa shape index (κ2) is 7.59. The third-order valence-corrected chi connectivity index (χ3v) is 4.63. The summed E-state index contributed by atoms with van der Waals surface area (Å²) < 4.78 is 5.37. The highest BCUT2D eigenvalue weighted by Gasteiger charge is 2.25. The number of benzene rings is 1. The number of hydrogen-bond acceptors (Lipinski definition) is 6. The summed E-state index contributed by atoms with van der Waals surface area (Å²) in [6, 6.07) is 11.7. The van der Waals surface area contributed by atoms with Gasteiger partial charge in [-0.1, -0.05) is 12.1 Å². The van der Waals surface area contributed by atoms with Crippen LogP contribution in [0.25, 0.3) is 11.3 Å². The van der Waals surface area contributed by atoms with Crippen molar-refractivity contribution >= 4 is 5.82 Å². The number of methoxy groups -OCH3 is 1. The molecule has 1 saturated heterocycles. The summed E-state index contributed by atoms with van der Waals surface area (Å²) in [5.74, 6) is 1.77. The maximum atomic E-state index is 9.74. The summed E-state index contributed by atoms with van der Waals surface area (Å²) in [5, 5.41) is 27.5. The lowest BCUT2D eigenvalue weighted by atomic mass is 9.91. The molecule has 1 aliphatic heterocycles. The van der Waals surface area contributed by atoms with Gasteiger partial charge < -0.3 is 19.8 Å². The lowest BCUT2D eigenvalue weighted by Gasteiger charge is -2.34. The maximum absolute atomic E-state index is 9.74. The van der Waals surface area contributed by atoms with Crippen LogP contribution in [0.5, 0.6) is 5.75 Å². The minimum absolute atomic E-state index is 0.159. The monoisotopic (exact) mass is 329 g/mol. The van der Waals surface area contributed by atoms with Crippen LogP contribution in [0.4, 0.5) is 5.82 Å². The molecular formula is C18H23N3O3. The van der Waals surface area contributed by atoms with Gasteiger partial charge in [0.15, 0.2) is 5.82 Å². The molecule has 1 aliphatic rings. The molecule has 1 fully saturated rings. The molecule has 0 radical (unpaired) electrons. The fourth-order valence-electron chi connectivity index (χ4n) is 3.16. The first-order valence-electron chi connectivity index (χ1n) is 8.24. The van der Waals surface area contributed by atoms with Crippen LogP contribution in [-0.4, -0.2) is 53.3 Å². The van der Waals surface area contributed by atoms with E-state index in [2.05, 4.69) is 15.1 Å². The minimum Gasteiger partial charge on any atom is -0.496 e. The number of aromatic nitrogens is 2. The zero-order valence-electron chi connectivity index (χ0n) is 13.8. The van der Waals surface area contributed by atoms with Gasteiger partial charge >= 0.3 is 0 Å². The molecule has 2 heterocycles. The predicted octanol–water partition coefficient (Wildman–Crippen LogP) is 1.72. The van der Waals surface area contributed by atoms with Gasteiger partial charge in [-0.05, 0) is 43.0 Å². The van der Waals surface area contributed by atoms with E-state index in [1.54, 1.807) is 7.11 Å². The van der Waals surface area contributed by atoms with Gasteiger partial charge in [0, 0.05) is 18.7 Å². The van der Waals surface area contributed by atoms with Crippen molar-refractivity contribution in [1.82, 2.24) is 10.2 Å². The summed E-state index contributed by atoms with van der Waals surface area (Å²) in [7, 11) is 1.64. The van der Waals surface area contributed by atoms with Crippen molar-refractivity contribution in [3.8, 4) is 17.0 Å². The molecule has 0 aliphatic carbocycles. The van der Waals surface area contributed by atoms with Gasteiger partial charge in [-0.25, -0.2) is 0 Å². The van der Waals surface area contributed by atoms with Crippen molar-refractivity contribution in [2.75, 3.05) is 31.7 Å². The first-order chi connectivity index (χ1) is 11.7. The van der Waals surface area contributed by atoms with E-state index in [9.17, 15) is 5.11 Å². The molecule has 0 spiro atoms. The van der Waals surface area contributed by atoms with E-state index in [1.807, 2.05) is 36.4 Å². The van der Waals surface area contributed by atoms with Gasteiger partial charge in [0.25, 0.3) is 0 Å². The van der Waals surface area contributed by atoms with Crippen LogP contribution in [0.1, 0.15) is 12.8 Å². The van der Waals surface area contributed by atoms with Crippen LogP contribution in [0.15, 0.2) is 36.4 Å². The average molecular weight is 329 g/mol. The Bertz CT molecular complexity index is 655. The van der Waals surface area contributed by atoms with E-state index in [4.69, 9.17) is 9.84 Å². The maximum Gasteiger partial charge on any atom is 0.151 e. The highest BCUT2D eigenvalue weighted by Crippen LogP contribution is 2.29. The quantitative estimate of drug-likeness (QED) is 0.870. The second-order valence-corrected chi connectivity index (χ2v) is 6.05. The molecule has 24 heavy (non-hydrogen) atoms. The summed E-state index contributed by atoms with van der Waals surface area (Å²) in [5.41, 5.74) is 1.70. The molecule has 0 amide bonds. The van der Waals surface area contributed by atoms with Crippen molar-refractivity contribution in [3.05, 3.63) is 36.4 Å². The lowest BCUT2D eigenvalue weighted by Crippen LogP contribution is -2.39. The molecule has 3 rings (SSSR count). The Morgan fingerprint density at radius 2 is 1.92 bits per heavy atom. The molecule has 128 valence electrons. The normalized spacial score (nSPS) is 16.9. The topological polar surface area (TPSA) is 78.7 Å². The number of hydrogen-bond donors (Lipinski definition) is 2. The molecule has 0 bridgehead atoms. The van der Waals surface area contributed by atoms with Crippen molar-refractivity contribution in [2.45, 2.75) is 18.9 Å². The van der Waals surface area contributed by atoms with Gasteiger partial charge in [-0.15, -0.1) is 10.2 Å². The summed E-state index contributed by atoms with van der Waals surface area (Å²) in [6.07, 6.45) is 1.07. The van der Waals surface area contributed by atoms with E-state index >= 15 is 0 Å². The Morgan fingerprint density at radius 1 is 1.17 bits per heavy atom. The number of piperidine rings is 1. The summed E-state index contributed by atoms with van der Waals surface area (Å²) in [4.78, 5) is 2.17. The Kier molecular flexibility index (Phi) is 5.27. The third-order valence-electron chi connectivity index (χ3n) is 4.63. The molecule has 1 aromatic carbocycles. The molecule has 1 atom stereocenters. The number of ether oxygens (including phenoxy) is 1. The Morgan fingerprint density at radius 3 is 2.54 bits per heavy atom. The van der Waals surface area contributed by atoms with Crippen LogP contribution < -0.4 is 9.64 Å². The highest BCUT2D eigenvalue weighted by molar-refractivity contribution is 5.67. The largest absolute Gasteiger partial charge is 0.496 e. The van der Waals surface area contributed by atoms with E-state index in [-0.39, 0.29) is 12.5 Å². The number of anilines is 1. The molecule has 1 aromatic heterocycles. The Labute approximate surface area is 141 Å². The minimum atomic E-state index is -0.619. The number of aliphatic hydroxyl groups excluding tert-OH is 2. The van der Waals surface area contributed by atoms with Crippen molar-refractivity contribution < 1.29 is 14.9 Å². The SMILES string of the molecule is COc1ccccc1-c1ccc(N2CCC(C(O)CO)CC2)nn1. The number of rotatable bonds is 5. The fraction of sp³-hybridized carbons (Fsp3) is 0.444. The van der Waals surface area contributed by atoms with E-state index in [1.165, 1.54) is 0 Å². The zero-order chi connectivity index (χ0) is 16.9. The zero-order valence-corrected chi connectivity index (χ0v) is 13.8. The van der Waals surface area contributed by atoms with E-state index in [0.29, 0.717) is 0 Å². The van der Waals surface area contributed by atoms with Gasteiger partial charge in [0.1, 0.15) is 5.75 Å². The van der Waals surface area contributed by atoms with Crippen molar-refractivity contribution in [3.63, 3.8) is 0 Å². The number of aliphatic hydroxyl groups is 2. The van der Waals surface area contributed by atoms with E-state index < -0.39 is 6.10 Å². The van der Waals surface area contributed by atoms with Crippen molar-refractivity contribution in [2.24, 2.45) is 5.92 Å². The van der Waals surface area contributed by atoms with Gasteiger partial charge in [0.05, 0.1) is 25.5 Å². The highest BCUT2D eigenvalue weighted by atomic mass is 16.5. The summed E-state index contributed by atoms with van der Waals surface area (Å²) in [6.45, 7) is 1.45. The number of para-hydroxylation sites is 1. The van der Waals surface area contributed by atoms with Gasteiger partial charge in [-0.2, -0.15) is 0 Å². The molecule has 2 N–H and O–H groups in total. The summed E-state index contributed by atoms with van der Waals surface area (Å²) >= 11 is 0. The second-order valence-electron chi connectivity index (χ2n) is 6.05. The molecule has 6 nitrogen and oxygen atoms in total. The fourth-order valence-corrected chi connectivity index (χ4v) is 3.16. The third kappa shape index (κ3) is 3.49. The van der Waals surface area contributed by atoms with Gasteiger partial charge in [0.2, 0.25) is 0 Å². The molecule has 0 saturated carbocycles. The van der Waals surface area contributed by atoms with Crippen LogP contribution in [0, 0.1) is 5.92 Å². The van der Waals surface area contributed by atoms with Crippen LogP contribution in [0.2, 0.25) is 0 Å². The van der Waals surface area contributed by atoms with Crippen LogP contribution >= 0.6 is 0 Å². The Hall–Kier alpha value is -2.18. The van der Waals surface area contributed by atoms with Crippen LogP contribution in [-0.2, 0) is 0 Å². The standard InChI is InChI=1S/C18H23N3O3/c1-24-17-5-3-2-4-14(17)15-6-7-18(20-19-15)21-10-8-13(9-11-21)16(23)12-22/h2-7,13,16,22-23H,8-12H2,1H3. The molecular weight excluding hydrogens is 306 g/mol. The Balaban J connectivity index is 1.69. The van der Waals surface area contributed by atoms with E-state index in [0.717, 1.165) is 48.8 Å². The molecule has 1 unspecified atom stereocenters. The smallest absolute Gasteiger partial charge is 0.151 e. The van der Waals surface area contributed by atoms with Crippen LogP contribution in [0.3, 0.4) is 0 Å². The van der Waals surface area contributed by atoms with Gasteiger partial charge in [-0.3, -0.25) is 0 Å². The first kappa shape index (κ1) is 16.7. The molecule has 6 heteroatoms. The first-order valence-corrected chi connectivity index (χ1v) is 8.24. The number of nitrogens with zero attached hydrogens (tertiary/aromatic N) is 3.